The molecule has 0 atom stereocenters. The molecule has 0 N–H and O–H groups in total. The Labute approximate surface area is 279 Å². The Balaban J connectivity index is 0.000000619. The van der Waals surface area contributed by atoms with Gasteiger partial charge in [0.15, 0.2) is 0 Å². The first-order valence-electron chi connectivity index (χ1n) is 15.8. The molecule has 0 heterocycles. The van der Waals surface area contributed by atoms with Gasteiger partial charge in [-0.2, -0.15) is 102 Å². The van der Waals surface area contributed by atoms with Gasteiger partial charge in [0, 0.05) is 0 Å². The maximum absolute atomic E-state index is 3.72. The molecule has 4 aromatic rings. The van der Waals surface area contributed by atoms with Crippen molar-refractivity contribution in [1.82, 2.24) is 0 Å². The van der Waals surface area contributed by atoms with Gasteiger partial charge in [-0.3, -0.25) is 0 Å². The molecule has 0 amide bonds. The zero-order valence-electron chi connectivity index (χ0n) is 27.4. The Morgan fingerprint density at radius 3 is 0.905 bits per heavy atom. The summed E-state index contributed by atoms with van der Waals surface area (Å²) in [4.78, 5) is 0. The normalized spacial score (nSPS) is 9.64. The van der Waals surface area contributed by atoms with Gasteiger partial charge in [0.05, 0.1) is 0 Å². The molecule has 0 aliphatic heterocycles. The van der Waals surface area contributed by atoms with Crippen molar-refractivity contribution < 1.29 is 25.8 Å². The van der Waals surface area contributed by atoms with E-state index in [-0.39, 0.29) is 25.8 Å². The molecule has 0 saturated carbocycles. The molecule has 1 heteroatoms. The van der Waals surface area contributed by atoms with Gasteiger partial charge in [-0.15, -0.1) is 36.4 Å². The molecule has 0 nitrogen and oxygen atoms in total. The Kier molecular flexibility index (Phi) is 23.5. The number of benzene rings is 3. The summed E-state index contributed by atoms with van der Waals surface area (Å²) in [5.74, 6) is 0. The third-order valence-electron chi connectivity index (χ3n) is 6.85. The molecule has 0 unspecified atom stereocenters. The van der Waals surface area contributed by atoms with Gasteiger partial charge < -0.3 is 0 Å². The van der Waals surface area contributed by atoms with E-state index in [1.807, 2.05) is 91.0 Å². The molecule has 0 fully saturated rings. The largest absolute Gasteiger partial charge is 4.00 e. The van der Waals surface area contributed by atoms with Gasteiger partial charge in [0.25, 0.3) is 0 Å². The van der Waals surface area contributed by atoms with Crippen molar-refractivity contribution in [2.24, 2.45) is 0 Å². The van der Waals surface area contributed by atoms with Crippen LogP contribution in [0.4, 0.5) is 0 Å². The van der Waals surface area contributed by atoms with Crippen molar-refractivity contribution in [2.75, 3.05) is 0 Å². The first kappa shape index (κ1) is 39.5. The van der Waals surface area contributed by atoms with Crippen LogP contribution >= 0.6 is 0 Å². The molecule has 224 valence electrons. The molecule has 0 spiro atoms. The van der Waals surface area contributed by atoms with Crippen molar-refractivity contribution in [2.45, 2.75) is 98.8 Å². The van der Waals surface area contributed by atoms with Crippen molar-refractivity contribution in [3.05, 3.63) is 156 Å². The Hall–Kier alpha value is -2.51. The topological polar surface area (TPSA) is 0 Å². The molecule has 0 saturated heterocycles. The average Bonchev–Trinajstić information content (AvgIpc) is 3.23. The third-order valence-corrected chi connectivity index (χ3v) is 6.85. The van der Waals surface area contributed by atoms with Crippen LogP contribution in [-0.4, -0.2) is 0 Å². The summed E-state index contributed by atoms with van der Waals surface area (Å²) in [6, 6.07) is 29.6. The van der Waals surface area contributed by atoms with Gasteiger partial charge in [0.1, 0.15) is 0 Å². The van der Waals surface area contributed by atoms with E-state index in [0.29, 0.717) is 0 Å². The summed E-state index contributed by atoms with van der Waals surface area (Å²) in [7, 11) is 0. The van der Waals surface area contributed by atoms with E-state index in [0.717, 1.165) is 16.7 Å². The maximum atomic E-state index is 3.72. The van der Waals surface area contributed by atoms with Crippen molar-refractivity contribution in [1.29, 1.82) is 0 Å². The van der Waals surface area contributed by atoms with Gasteiger partial charge in [0.2, 0.25) is 0 Å². The summed E-state index contributed by atoms with van der Waals surface area (Å²) in [6.45, 7) is 22.8. The molecule has 0 radical (unpaired) electrons. The molecule has 4 aromatic carbocycles. The summed E-state index contributed by atoms with van der Waals surface area (Å²) < 4.78 is 0. The number of rotatable bonds is 10. The molecule has 4 rings (SSSR count). The van der Waals surface area contributed by atoms with Gasteiger partial charge in [-0.1, -0.05) is 117 Å². The first-order valence-corrected chi connectivity index (χ1v) is 15.8. The zero-order chi connectivity index (χ0) is 30.3. The van der Waals surface area contributed by atoms with Crippen LogP contribution in [0.1, 0.15) is 111 Å². The fourth-order valence-electron chi connectivity index (χ4n) is 5.10. The Morgan fingerprint density at radius 2 is 0.714 bits per heavy atom. The quantitative estimate of drug-likeness (QED) is 0.113. The van der Waals surface area contributed by atoms with Crippen molar-refractivity contribution in [3.63, 3.8) is 0 Å². The third kappa shape index (κ3) is 15.6. The second-order valence-electron chi connectivity index (χ2n) is 10.6. The van der Waals surface area contributed by atoms with Crippen LogP contribution in [0.25, 0.3) is 0 Å². The summed E-state index contributed by atoms with van der Waals surface area (Å²) >= 11 is 0. The van der Waals surface area contributed by atoms with Crippen LogP contribution in [0.15, 0.2) is 91.0 Å². The molecular weight excluding hydrogens is 671 g/mol. The monoisotopic (exact) mass is 728 g/mol. The minimum Gasteiger partial charge on any atom is -0.199 e. The Morgan fingerprint density at radius 1 is 0.429 bits per heavy atom. The van der Waals surface area contributed by atoms with Crippen molar-refractivity contribution in [3.8, 4) is 0 Å². The van der Waals surface area contributed by atoms with Crippen LogP contribution in [0, 0.1) is 20.8 Å². The van der Waals surface area contributed by atoms with Gasteiger partial charge in [-0.05, 0) is 0 Å². The first-order chi connectivity index (χ1) is 19.9. The molecule has 0 bridgehead atoms. The van der Waals surface area contributed by atoms with E-state index >= 15 is 0 Å². The van der Waals surface area contributed by atoms with E-state index in [2.05, 4.69) is 55.4 Å². The smallest absolute Gasteiger partial charge is 0.199 e. The van der Waals surface area contributed by atoms with E-state index < -0.39 is 0 Å². The second-order valence-corrected chi connectivity index (χ2v) is 10.6. The minimum atomic E-state index is 0. The fourth-order valence-corrected chi connectivity index (χ4v) is 5.10. The zero-order valence-corrected chi connectivity index (χ0v) is 30.9. The predicted octanol–water partition coefficient (Wildman–Crippen LogP) is 11.8. The van der Waals surface area contributed by atoms with Crippen LogP contribution < -0.4 is 0 Å². The molecular formula is C41H56Hf. The maximum Gasteiger partial charge on any atom is 4.00 e. The number of hydrogen-bond acceptors (Lipinski definition) is 0. The predicted molar refractivity (Wildman–Crippen MR) is 185 cm³/mol. The standard InChI is InChI=1S/C20H35.3C7H7.Hf/c1-6-11-16-17(12-7-2)19(14-9-4)20(15-10-5)18(16)13-8-3;3*1-7-5-3-2-4-6-7;/h6-15H2,1-5H3;3*2-6H,1H2;/q4*-1;+4. The van der Waals surface area contributed by atoms with E-state index in [1.165, 1.54) is 64.2 Å². The second kappa shape index (κ2) is 25.0. The minimum absolute atomic E-state index is 0. The van der Waals surface area contributed by atoms with Gasteiger partial charge >= 0.3 is 25.8 Å². The SMILES string of the molecule is CCCc1c(CCC)c(CCC)[c-](CCC)c1CCC.[CH2-]c1ccccc1.[CH2-]c1ccccc1.[CH2-]c1ccccc1.[Hf+4]. The summed E-state index contributed by atoms with van der Waals surface area (Å²) in [5.41, 5.74) is 12.0. The van der Waals surface area contributed by atoms with E-state index in [9.17, 15) is 0 Å². The van der Waals surface area contributed by atoms with E-state index in [4.69, 9.17) is 0 Å². The number of hydrogen-bond donors (Lipinski definition) is 0. The van der Waals surface area contributed by atoms with Crippen LogP contribution in [0.2, 0.25) is 0 Å². The Bertz CT molecular complexity index is 947. The van der Waals surface area contributed by atoms with E-state index in [1.54, 1.807) is 27.8 Å². The molecule has 0 aromatic heterocycles. The van der Waals surface area contributed by atoms with Crippen molar-refractivity contribution >= 4 is 0 Å². The van der Waals surface area contributed by atoms with Crippen LogP contribution in [0.3, 0.4) is 0 Å². The summed E-state index contributed by atoms with van der Waals surface area (Å²) in [5, 5.41) is 0. The van der Waals surface area contributed by atoms with Crippen LogP contribution in [-0.2, 0) is 57.9 Å². The molecule has 42 heavy (non-hydrogen) atoms. The average molecular weight is 727 g/mol. The van der Waals surface area contributed by atoms with Crippen LogP contribution in [0.5, 0.6) is 0 Å². The van der Waals surface area contributed by atoms with Gasteiger partial charge in [-0.25, -0.2) is 0 Å². The molecule has 0 aliphatic rings. The fraction of sp³-hybridized carbons (Fsp3) is 0.366. The summed E-state index contributed by atoms with van der Waals surface area (Å²) in [6.07, 6.45) is 12.9. The molecule has 0 aliphatic carbocycles.